The van der Waals surface area contributed by atoms with Crippen LogP contribution in [0.5, 0.6) is 0 Å². The number of amides is 1. The van der Waals surface area contributed by atoms with Crippen LogP contribution in [0.3, 0.4) is 0 Å². The Bertz CT molecular complexity index is 660. The topological polar surface area (TPSA) is 60.2 Å². The van der Waals surface area contributed by atoms with E-state index in [0.717, 1.165) is 5.69 Å². The van der Waals surface area contributed by atoms with Gasteiger partial charge in [-0.25, -0.2) is 4.68 Å². The largest absolute Gasteiger partial charge is 0.372 e. The lowest BCUT2D eigenvalue weighted by Crippen LogP contribution is -2.48. The Morgan fingerprint density at radius 3 is 2.50 bits per heavy atom. The van der Waals surface area contributed by atoms with Gasteiger partial charge in [-0.2, -0.15) is 0 Å². The van der Waals surface area contributed by atoms with Gasteiger partial charge in [0.25, 0.3) is 5.91 Å². The molecule has 1 aromatic carbocycles. The Morgan fingerprint density at radius 2 is 1.86 bits per heavy atom. The highest BCUT2D eigenvalue weighted by Crippen LogP contribution is 2.15. The van der Waals surface area contributed by atoms with Crippen molar-refractivity contribution in [2.45, 2.75) is 26.1 Å². The lowest BCUT2D eigenvalue weighted by Gasteiger charge is -2.34. The molecule has 0 unspecified atom stereocenters. The second-order valence-corrected chi connectivity index (χ2v) is 5.93. The number of morpholine rings is 1. The number of nitrogens with zero attached hydrogens (tertiary/aromatic N) is 4. The number of ether oxygens (including phenoxy) is 1. The van der Waals surface area contributed by atoms with Gasteiger partial charge in [0.15, 0.2) is 5.69 Å². The summed E-state index contributed by atoms with van der Waals surface area (Å²) in [5.74, 6) is -0.123. The predicted octanol–water partition coefficient (Wildman–Crippen LogP) is 2.17. The molecule has 1 aliphatic rings. The molecule has 2 heterocycles. The molecule has 1 amide bonds. The van der Waals surface area contributed by atoms with E-state index in [1.165, 1.54) is 0 Å². The molecule has 1 aliphatic heterocycles. The summed E-state index contributed by atoms with van der Waals surface area (Å²) in [4.78, 5) is 14.3. The summed E-state index contributed by atoms with van der Waals surface area (Å²) in [5, 5.41) is 8.65. The predicted molar refractivity (Wildman–Crippen MR) is 82.3 cm³/mol. The van der Waals surface area contributed by atoms with E-state index in [9.17, 15) is 4.79 Å². The van der Waals surface area contributed by atoms with Gasteiger partial charge in [-0.1, -0.05) is 16.8 Å². The first-order valence-corrected chi connectivity index (χ1v) is 7.54. The van der Waals surface area contributed by atoms with Crippen molar-refractivity contribution in [2.24, 2.45) is 0 Å². The molecule has 2 aromatic rings. The third-order valence-corrected chi connectivity index (χ3v) is 3.76. The summed E-state index contributed by atoms with van der Waals surface area (Å²) in [6.45, 7) is 5.05. The van der Waals surface area contributed by atoms with Crippen molar-refractivity contribution in [3.8, 4) is 5.69 Å². The number of halogens is 1. The molecule has 22 heavy (non-hydrogen) atoms. The summed E-state index contributed by atoms with van der Waals surface area (Å²) in [6, 6.07) is 7.19. The first-order chi connectivity index (χ1) is 10.5. The van der Waals surface area contributed by atoms with E-state index in [4.69, 9.17) is 16.3 Å². The fourth-order valence-corrected chi connectivity index (χ4v) is 2.71. The molecule has 6 nitrogen and oxygen atoms in total. The minimum Gasteiger partial charge on any atom is -0.372 e. The third kappa shape index (κ3) is 3.13. The van der Waals surface area contributed by atoms with E-state index < -0.39 is 0 Å². The van der Waals surface area contributed by atoms with Crippen LogP contribution in [0.4, 0.5) is 0 Å². The fourth-order valence-electron chi connectivity index (χ4n) is 2.59. The normalized spacial score (nSPS) is 21.9. The van der Waals surface area contributed by atoms with Gasteiger partial charge >= 0.3 is 0 Å². The molecule has 0 radical (unpaired) electrons. The number of aromatic nitrogens is 3. The van der Waals surface area contributed by atoms with Crippen LogP contribution in [0.2, 0.25) is 5.02 Å². The highest BCUT2D eigenvalue weighted by molar-refractivity contribution is 6.30. The molecular formula is C15H17ClN4O2. The molecule has 0 saturated carbocycles. The highest BCUT2D eigenvalue weighted by Gasteiger charge is 2.28. The molecule has 0 spiro atoms. The molecule has 2 atom stereocenters. The monoisotopic (exact) mass is 320 g/mol. The Morgan fingerprint density at radius 1 is 1.23 bits per heavy atom. The Hall–Kier alpha value is -1.92. The summed E-state index contributed by atoms with van der Waals surface area (Å²) in [5.41, 5.74) is 1.14. The third-order valence-electron chi connectivity index (χ3n) is 3.51. The first-order valence-electron chi connectivity index (χ1n) is 7.16. The first kappa shape index (κ1) is 15.0. The van der Waals surface area contributed by atoms with Crippen LogP contribution < -0.4 is 0 Å². The highest BCUT2D eigenvalue weighted by atomic mass is 35.5. The van der Waals surface area contributed by atoms with E-state index in [1.807, 2.05) is 26.0 Å². The second-order valence-electron chi connectivity index (χ2n) is 5.49. The molecule has 0 N–H and O–H groups in total. The van der Waals surface area contributed by atoms with Crippen molar-refractivity contribution < 1.29 is 9.53 Å². The minimum atomic E-state index is -0.123. The Balaban J connectivity index is 1.78. The van der Waals surface area contributed by atoms with Gasteiger partial charge in [-0.15, -0.1) is 5.10 Å². The molecule has 1 saturated heterocycles. The van der Waals surface area contributed by atoms with Crippen LogP contribution in [0.25, 0.3) is 5.69 Å². The average Bonchev–Trinajstić information content (AvgIpc) is 2.96. The number of carbonyl (C=O) groups excluding carboxylic acids is 1. The van der Waals surface area contributed by atoms with Crippen molar-refractivity contribution in [1.82, 2.24) is 19.9 Å². The molecular weight excluding hydrogens is 304 g/mol. The van der Waals surface area contributed by atoms with E-state index >= 15 is 0 Å². The fraction of sp³-hybridized carbons (Fsp3) is 0.400. The van der Waals surface area contributed by atoms with Gasteiger partial charge in [0, 0.05) is 18.1 Å². The van der Waals surface area contributed by atoms with Crippen LogP contribution in [0.15, 0.2) is 30.5 Å². The van der Waals surface area contributed by atoms with Gasteiger partial charge in [0.1, 0.15) is 0 Å². The van der Waals surface area contributed by atoms with Crippen molar-refractivity contribution in [3.63, 3.8) is 0 Å². The van der Waals surface area contributed by atoms with Gasteiger partial charge in [0.05, 0.1) is 24.1 Å². The van der Waals surface area contributed by atoms with Gasteiger partial charge in [-0.3, -0.25) is 4.79 Å². The van der Waals surface area contributed by atoms with Gasteiger partial charge in [-0.05, 0) is 38.1 Å². The van der Waals surface area contributed by atoms with Crippen LogP contribution >= 0.6 is 11.6 Å². The van der Waals surface area contributed by atoms with Crippen molar-refractivity contribution >= 4 is 17.5 Å². The zero-order valence-electron chi connectivity index (χ0n) is 12.4. The lowest BCUT2D eigenvalue weighted by molar-refractivity contribution is -0.0587. The molecule has 1 fully saturated rings. The van der Waals surface area contributed by atoms with E-state index in [2.05, 4.69) is 10.3 Å². The molecule has 116 valence electrons. The van der Waals surface area contributed by atoms with Crippen molar-refractivity contribution in [1.29, 1.82) is 0 Å². The lowest BCUT2D eigenvalue weighted by atomic mass is 10.2. The SMILES string of the molecule is C[C@@H]1CN(C(=O)c2cn(-c3ccc(Cl)cc3)nn2)C[C@@H](C)O1. The van der Waals surface area contributed by atoms with Gasteiger partial charge in [0.2, 0.25) is 0 Å². The second kappa shape index (κ2) is 6.06. The average molecular weight is 321 g/mol. The smallest absolute Gasteiger partial charge is 0.276 e. The van der Waals surface area contributed by atoms with E-state index in [-0.39, 0.29) is 18.1 Å². The van der Waals surface area contributed by atoms with Crippen LogP contribution in [-0.4, -0.2) is 51.1 Å². The number of hydrogen-bond acceptors (Lipinski definition) is 4. The maximum atomic E-state index is 12.5. The minimum absolute atomic E-state index is 0.0269. The zero-order chi connectivity index (χ0) is 15.7. The maximum Gasteiger partial charge on any atom is 0.276 e. The number of hydrogen-bond donors (Lipinski definition) is 0. The summed E-state index contributed by atoms with van der Waals surface area (Å²) >= 11 is 5.87. The van der Waals surface area contributed by atoms with Gasteiger partial charge < -0.3 is 9.64 Å². The molecule has 7 heteroatoms. The molecule has 0 aliphatic carbocycles. The summed E-state index contributed by atoms with van der Waals surface area (Å²) < 4.78 is 7.21. The molecule has 1 aromatic heterocycles. The standard InChI is InChI=1S/C15H17ClN4O2/c1-10-7-19(8-11(2)22-10)15(21)14-9-20(18-17-14)13-5-3-12(16)4-6-13/h3-6,9-11H,7-8H2,1-2H3/t10-,11-/m1/s1. The number of carbonyl (C=O) groups is 1. The maximum absolute atomic E-state index is 12.5. The summed E-state index contributed by atoms with van der Waals surface area (Å²) in [7, 11) is 0. The van der Waals surface area contributed by atoms with Crippen LogP contribution in [0, 0.1) is 0 Å². The van der Waals surface area contributed by atoms with Crippen molar-refractivity contribution in [2.75, 3.05) is 13.1 Å². The quantitative estimate of drug-likeness (QED) is 0.851. The Kier molecular flexibility index (Phi) is 4.13. The Labute approximate surface area is 133 Å². The van der Waals surface area contributed by atoms with Crippen molar-refractivity contribution in [3.05, 3.63) is 41.2 Å². The molecule has 3 rings (SSSR count). The molecule has 0 bridgehead atoms. The number of benzene rings is 1. The van der Waals surface area contributed by atoms with Crippen LogP contribution in [0.1, 0.15) is 24.3 Å². The van der Waals surface area contributed by atoms with Crippen LogP contribution in [-0.2, 0) is 4.74 Å². The van der Waals surface area contributed by atoms with E-state index in [0.29, 0.717) is 23.8 Å². The summed E-state index contributed by atoms with van der Waals surface area (Å²) in [6.07, 6.45) is 1.69. The number of rotatable bonds is 2. The van der Waals surface area contributed by atoms with E-state index in [1.54, 1.807) is 27.9 Å². The zero-order valence-corrected chi connectivity index (χ0v) is 13.2.